The number of anilines is 1. The highest BCUT2D eigenvalue weighted by Gasteiger charge is 2.03. The van der Waals surface area contributed by atoms with Crippen molar-refractivity contribution in [1.82, 2.24) is 5.32 Å². The van der Waals surface area contributed by atoms with Gasteiger partial charge in [0, 0.05) is 16.2 Å². The van der Waals surface area contributed by atoms with Crippen LogP contribution in [0.1, 0.15) is 19.4 Å². The molecule has 0 radical (unpaired) electrons. The van der Waals surface area contributed by atoms with Crippen LogP contribution in [0.2, 0.25) is 0 Å². The molecule has 16 heavy (non-hydrogen) atoms. The Kier molecular flexibility index (Phi) is 4.96. The zero-order chi connectivity index (χ0) is 12.1. The van der Waals surface area contributed by atoms with Crippen molar-refractivity contribution in [2.45, 2.75) is 26.8 Å². The zero-order valence-corrected chi connectivity index (χ0v) is 11.4. The lowest BCUT2D eigenvalue weighted by atomic mass is 10.2. The molecule has 0 aromatic heterocycles. The van der Waals surface area contributed by atoms with Gasteiger partial charge in [0.1, 0.15) is 0 Å². The molecule has 1 aromatic carbocycles. The second kappa shape index (κ2) is 6.01. The van der Waals surface area contributed by atoms with Crippen LogP contribution in [0.3, 0.4) is 0 Å². The fourth-order valence-corrected chi connectivity index (χ4v) is 1.47. The van der Waals surface area contributed by atoms with E-state index in [1.54, 1.807) is 0 Å². The molecule has 0 spiro atoms. The third-order valence-electron chi connectivity index (χ3n) is 2.11. The molecule has 0 unspecified atom stereocenters. The molecule has 0 heterocycles. The summed E-state index contributed by atoms with van der Waals surface area (Å²) in [5, 5.41) is 5.91. The van der Waals surface area contributed by atoms with Crippen LogP contribution < -0.4 is 10.6 Å². The van der Waals surface area contributed by atoms with Gasteiger partial charge in [0.15, 0.2) is 0 Å². The molecule has 0 aliphatic rings. The minimum absolute atomic E-state index is 0.0181. The first-order valence-electron chi connectivity index (χ1n) is 5.28. The largest absolute Gasteiger partial charge is 0.325 e. The highest BCUT2D eigenvalue weighted by atomic mass is 79.9. The van der Waals surface area contributed by atoms with Crippen molar-refractivity contribution in [3.05, 3.63) is 28.2 Å². The lowest BCUT2D eigenvalue weighted by molar-refractivity contribution is -0.115. The molecule has 0 bridgehead atoms. The van der Waals surface area contributed by atoms with E-state index in [-0.39, 0.29) is 5.91 Å². The highest BCUT2D eigenvalue weighted by Crippen LogP contribution is 2.19. The van der Waals surface area contributed by atoms with E-state index < -0.39 is 0 Å². The van der Waals surface area contributed by atoms with Gasteiger partial charge in [-0.05, 0) is 30.7 Å². The van der Waals surface area contributed by atoms with Crippen LogP contribution in [-0.4, -0.2) is 18.5 Å². The predicted molar refractivity (Wildman–Crippen MR) is 70.6 cm³/mol. The van der Waals surface area contributed by atoms with Gasteiger partial charge in [0.25, 0.3) is 0 Å². The van der Waals surface area contributed by atoms with E-state index in [0.717, 1.165) is 15.7 Å². The average Bonchev–Trinajstić information content (AvgIpc) is 2.21. The lowest BCUT2D eigenvalue weighted by Crippen LogP contribution is -2.32. The quantitative estimate of drug-likeness (QED) is 0.893. The first kappa shape index (κ1) is 13.2. The summed E-state index contributed by atoms with van der Waals surface area (Å²) in [4.78, 5) is 11.5. The molecule has 4 heteroatoms. The van der Waals surface area contributed by atoms with Gasteiger partial charge in [-0.2, -0.15) is 0 Å². The zero-order valence-electron chi connectivity index (χ0n) is 9.80. The molecule has 88 valence electrons. The minimum Gasteiger partial charge on any atom is -0.325 e. The number of hydrogen-bond acceptors (Lipinski definition) is 2. The molecule has 0 aliphatic carbocycles. The summed E-state index contributed by atoms with van der Waals surface area (Å²) in [5.41, 5.74) is 1.94. The van der Waals surface area contributed by atoms with E-state index in [0.29, 0.717) is 12.6 Å². The average molecular weight is 285 g/mol. The van der Waals surface area contributed by atoms with Crippen LogP contribution in [0.5, 0.6) is 0 Å². The first-order chi connectivity index (χ1) is 7.49. The maximum atomic E-state index is 11.5. The number of benzene rings is 1. The molecule has 0 fully saturated rings. The number of rotatable bonds is 4. The van der Waals surface area contributed by atoms with Crippen molar-refractivity contribution in [3.8, 4) is 0 Å². The molecule has 2 N–H and O–H groups in total. The van der Waals surface area contributed by atoms with Crippen molar-refractivity contribution in [2.75, 3.05) is 11.9 Å². The molecular formula is C12H17BrN2O. The van der Waals surface area contributed by atoms with Crippen LogP contribution in [0.4, 0.5) is 5.69 Å². The second-order valence-electron chi connectivity index (χ2n) is 4.05. The number of carbonyl (C=O) groups excluding carboxylic acids is 1. The van der Waals surface area contributed by atoms with Gasteiger partial charge in [-0.25, -0.2) is 0 Å². The Hall–Kier alpha value is -0.870. The lowest BCUT2D eigenvalue weighted by Gasteiger charge is -2.09. The predicted octanol–water partition coefficient (Wildman–Crippen LogP) is 2.69. The van der Waals surface area contributed by atoms with E-state index in [1.807, 2.05) is 39.0 Å². The van der Waals surface area contributed by atoms with Gasteiger partial charge in [-0.15, -0.1) is 0 Å². The summed E-state index contributed by atoms with van der Waals surface area (Å²) in [6.45, 7) is 6.35. The smallest absolute Gasteiger partial charge is 0.238 e. The van der Waals surface area contributed by atoms with Crippen LogP contribution in [-0.2, 0) is 4.79 Å². The molecule has 1 aromatic rings. The normalized spacial score (nSPS) is 10.6. The molecule has 1 amide bonds. The van der Waals surface area contributed by atoms with Gasteiger partial charge in [0.2, 0.25) is 5.91 Å². The van der Waals surface area contributed by atoms with E-state index in [2.05, 4.69) is 26.6 Å². The molecule has 1 rings (SSSR count). The van der Waals surface area contributed by atoms with Crippen LogP contribution in [0.15, 0.2) is 22.7 Å². The standard InChI is InChI=1S/C12H17BrN2O/c1-8(2)14-7-12(16)15-10-4-5-11(13)9(3)6-10/h4-6,8,14H,7H2,1-3H3,(H,15,16). The summed E-state index contributed by atoms with van der Waals surface area (Å²) >= 11 is 3.42. The third kappa shape index (κ3) is 4.33. The van der Waals surface area contributed by atoms with Crippen LogP contribution >= 0.6 is 15.9 Å². The number of halogens is 1. The van der Waals surface area contributed by atoms with E-state index in [4.69, 9.17) is 0 Å². The molecule has 0 saturated carbocycles. The van der Waals surface area contributed by atoms with Gasteiger partial charge >= 0.3 is 0 Å². The molecule has 0 saturated heterocycles. The maximum Gasteiger partial charge on any atom is 0.238 e. The number of nitrogens with one attached hydrogen (secondary N) is 2. The van der Waals surface area contributed by atoms with Gasteiger partial charge < -0.3 is 10.6 Å². The number of hydrogen-bond donors (Lipinski definition) is 2. The Morgan fingerprint density at radius 2 is 2.12 bits per heavy atom. The van der Waals surface area contributed by atoms with Gasteiger partial charge in [-0.1, -0.05) is 29.8 Å². The fourth-order valence-electron chi connectivity index (χ4n) is 1.22. The molecule has 0 atom stereocenters. The van der Waals surface area contributed by atoms with E-state index in [9.17, 15) is 4.79 Å². The number of amides is 1. The second-order valence-corrected chi connectivity index (χ2v) is 4.90. The fraction of sp³-hybridized carbons (Fsp3) is 0.417. The van der Waals surface area contributed by atoms with Gasteiger partial charge in [-0.3, -0.25) is 4.79 Å². The van der Waals surface area contributed by atoms with Crippen molar-refractivity contribution in [1.29, 1.82) is 0 Å². The summed E-state index contributed by atoms with van der Waals surface area (Å²) in [6, 6.07) is 6.07. The number of carbonyl (C=O) groups is 1. The Morgan fingerprint density at radius 3 is 2.69 bits per heavy atom. The maximum absolute atomic E-state index is 11.5. The highest BCUT2D eigenvalue weighted by molar-refractivity contribution is 9.10. The van der Waals surface area contributed by atoms with E-state index in [1.165, 1.54) is 0 Å². The summed E-state index contributed by atoms with van der Waals surface area (Å²) < 4.78 is 1.05. The minimum atomic E-state index is -0.0181. The SMILES string of the molecule is Cc1cc(NC(=O)CNC(C)C)ccc1Br. The van der Waals surface area contributed by atoms with Crippen LogP contribution in [0.25, 0.3) is 0 Å². The molecule has 3 nitrogen and oxygen atoms in total. The van der Waals surface area contributed by atoms with Crippen molar-refractivity contribution in [3.63, 3.8) is 0 Å². The van der Waals surface area contributed by atoms with Crippen molar-refractivity contribution >= 4 is 27.5 Å². The Morgan fingerprint density at radius 1 is 1.44 bits per heavy atom. The molecular weight excluding hydrogens is 268 g/mol. The van der Waals surface area contributed by atoms with Gasteiger partial charge in [0.05, 0.1) is 6.54 Å². The topological polar surface area (TPSA) is 41.1 Å². The first-order valence-corrected chi connectivity index (χ1v) is 6.07. The number of aryl methyl sites for hydroxylation is 1. The summed E-state index contributed by atoms with van der Waals surface area (Å²) in [5.74, 6) is -0.0181. The monoisotopic (exact) mass is 284 g/mol. The van der Waals surface area contributed by atoms with Crippen molar-refractivity contribution in [2.24, 2.45) is 0 Å². The summed E-state index contributed by atoms with van der Waals surface area (Å²) in [7, 11) is 0. The Balaban J connectivity index is 2.53. The van der Waals surface area contributed by atoms with Crippen LogP contribution in [0, 0.1) is 6.92 Å². The van der Waals surface area contributed by atoms with Crippen molar-refractivity contribution < 1.29 is 4.79 Å². The third-order valence-corrected chi connectivity index (χ3v) is 3.00. The summed E-state index contributed by atoms with van der Waals surface area (Å²) in [6.07, 6.45) is 0. The molecule has 0 aliphatic heterocycles. The van der Waals surface area contributed by atoms with E-state index >= 15 is 0 Å². The Bertz CT molecular complexity index is 377. The Labute approximate surface area is 105 Å².